The maximum Gasteiger partial charge on any atom is 0.276 e. The first-order chi connectivity index (χ1) is 14.0. The van der Waals surface area contributed by atoms with Crippen molar-refractivity contribution in [1.29, 1.82) is 0 Å². The normalized spacial score (nSPS) is 18.8. The van der Waals surface area contributed by atoms with Crippen molar-refractivity contribution in [2.75, 3.05) is 20.2 Å². The fourth-order valence-corrected chi connectivity index (χ4v) is 3.84. The van der Waals surface area contributed by atoms with Crippen LogP contribution in [0.5, 0.6) is 5.75 Å². The largest absolute Gasteiger partial charge is 0.497 e. The van der Waals surface area contributed by atoms with Crippen molar-refractivity contribution in [3.63, 3.8) is 0 Å². The van der Waals surface area contributed by atoms with Crippen molar-refractivity contribution in [3.05, 3.63) is 77.1 Å². The third-order valence-corrected chi connectivity index (χ3v) is 5.44. The zero-order valence-corrected chi connectivity index (χ0v) is 16.6. The number of hydrogen-bond donors (Lipinski definition) is 1. The Morgan fingerprint density at radius 3 is 2.69 bits per heavy atom. The predicted octanol–water partition coefficient (Wildman–Crippen LogP) is 2.38. The predicted molar refractivity (Wildman–Crippen MR) is 108 cm³/mol. The van der Waals surface area contributed by atoms with Crippen LogP contribution in [0, 0.1) is 6.92 Å². The number of benzene rings is 2. The highest BCUT2D eigenvalue weighted by atomic mass is 16.5. The van der Waals surface area contributed by atoms with Crippen LogP contribution >= 0.6 is 0 Å². The van der Waals surface area contributed by atoms with E-state index in [0.29, 0.717) is 19.5 Å². The summed E-state index contributed by atoms with van der Waals surface area (Å²) in [6.07, 6.45) is 2.15. The van der Waals surface area contributed by atoms with Crippen molar-refractivity contribution in [3.8, 4) is 5.75 Å². The van der Waals surface area contributed by atoms with Gasteiger partial charge in [0.15, 0.2) is 5.69 Å². The van der Waals surface area contributed by atoms with Gasteiger partial charge in [-0.05, 0) is 42.2 Å². The van der Waals surface area contributed by atoms with Gasteiger partial charge in [0.25, 0.3) is 5.91 Å². The van der Waals surface area contributed by atoms with Gasteiger partial charge in [-0.3, -0.25) is 4.79 Å². The minimum absolute atomic E-state index is 0.213. The number of ether oxygens (including phenoxy) is 1. The fraction of sp³-hybridized carbons (Fsp3) is 0.318. The van der Waals surface area contributed by atoms with E-state index in [-0.39, 0.29) is 18.1 Å². The van der Waals surface area contributed by atoms with Crippen LogP contribution in [0.3, 0.4) is 0 Å². The highest BCUT2D eigenvalue weighted by Crippen LogP contribution is 2.34. The molecule has 1 aromatic heterocycles. The van der Waals surface area contributed by atoms with E-state index < -0.39 is 5.60 Å². The van der Waals surface area contributed by atoms with Crippen LogP contribution in [0.15, 0.2) is 54.7 Å². The molecule has 7 heteroatoms. The maximum absolute atomic E-state index is 12.9. The fourth-order valence-electron chi connectivity index (χ4n) is 3.84. The number of carbonyl (C=O) groups excluding carboxylic acids is 1. The molecule has 150 valence electrons. The average molecular weight is 392 g/mol. The van der Waals surface area contributed by atoms with Gasteiger partial charge in [-0.2, -0.15) is 0 Å². The molecule has 2 heterocycles. The second-order valence-corrected chi connectivity index (χ2v) is 7.47. The van der Waals surface area contributed by atoms with E-state index >= 15 is 0 Å². The Balaban J connectivity index is 1.45. The minimum Gasteiger partial charge on any atom is -0.497 e. The number of hydrogen-bond acceptors (Lipinski definition) is 5. The average Bonchev–Trinajstić information content (AvgIpc) is 3.36. The number of aryl methyl sites for hydroxylation is 1. The molecule has 1 saturated heterocycles. The Labute approximate surface area is 169 Å². The molecule has 0 spiro atoms. The number of methoxy groups -OCH3 is 1. The number of β-amino-alcohol motifs (C(OH)–C–C–N with tert-alkyl or cyclic N) is 1. The summed E-state index contributed by atoms with van der Waals surface area (Å²) in [7, 11) is 1.63. The lowest BCUT2D eigenvalue weighted by atomic mass is 9.89. The topological polar surface area (TPSA) is 80.5 Å². The SMILES string of the molecule is COc1ccc(Cn2cc(C(=O)N3CC[C@](O)(c4ccccc4C)C3)nn2)cc1. The molecular weight excluding hydrogens is 368 g/mol. The molecular formula is C22H24N4O3. The monoisotopic (exact) mass is 392 g/mol. The van der Waals surface area contributed by atoms with E-state index in [1.807, 2.05) is 55.5 Å². The zero-order valence-electron chi connectivity index (χ0n) is 16.6. The standard InChI is InChI=1S/C22H24N4O3/c1-16-5-3-4-6-19(16)22(28)11-12-25(15-22)21(27)20-14-26(24-23-20)13-17-7-9-18(29-2)10-8-17/h3-10,14,28H,11-13,15H2,1-2H3/t22-/m1/s1. The number of aromatic nitrogens is 3. The maximum atomic E-state index is 12.9. The van der Waals surface area contributed by atoms with Gasteiger partial charge in [-0.15, -0.1) is 5.10 Å². The second kappa shape index (κ2) is 7.67. The first kappa shape index (κ1) is 19.1. The first-order valence-electron chi connectivity index (χ1n) is 9.59. The van der Waals surface area contributed by atoms with E-state index in [9.17, 15) is 9.90 Å². The van der Waals surface area contributed by atoms with Gasteiger partial charge in [-0.1, -0.05) is 41.6 Å². The molecule has 7 nitrogen and oxygen atoms in total. The van der Waals surface area contributed by atoms with E-state index in [0.717, 1.165) is 22.4 Å². The van der Waals surface area contributed by atoms with Crippen molar-refractivity contribution in [2.24, 2.45) is 0 Å². The molecule has 1 fully saturated rings. The molecule has 1 aliphatic rings. The van der Waals surface area contributed by atoms with Crippen LogP contribution in [-0.4, -0.2) is 51.1 Å². The Morgan fingerprint density at radius 1 is 1.21 bits per heavy atom. The highest BCUT2D eigenvalue weighted by Gasteiger charge is 2.41. The molecule has 29 heavy (non-hydrogen) atoms. The molecule has 0 bridgehead atoms. The van der Waals surface area contributed by atoms with E-state index in [4.69, 9.17) is 4.74 Å². The van der Waals surface area contributed by atoms with Crippen LogP contribution in [0.2, 0.25) is 0 Å². The number of amides is 1. The summed E-state index contributed by atoms with van der Waals surface area (Å²) in [4.78, 5) is 14.5. The van der Waals surface area contributed by atoms with Crippen LogP contribution in [-0.2, 0) is 12.1 Å². The first-order valence-corrected chi connectivity index (χ1v) is 9.59. The summed E-state index contributed by atoms with van der Waals surface area (Å²) in [5, 5.41) is 19.2. The summed E-state index contributed by atoms with van der Waals surface area (Å²) >= 11 is 0. The Morgan fingerprint density at radius 2 is 1.97 bits per heavy atom. The van der Waals surface area contributed by atoms with E-state index in [1.165, 1.54) is 0 Å². The lowest BCUT2D eigenvalue weighted by molar-refractivity contribution is 0.0410. The third-order valence-electron chi connectivity index (χ3n) is 5.44. The molecule has 3 aromatic rings. The molecule has 2 aromatic carbocycles. The van der Waals surface area contributed by atoms with Gasteiger partial charge in [0, 0.05) is 6.54 Å². The van der Waals surface area contributed by atoms with Gasteiger partial charge >= 0.3 is 0 Å². The molecule has 0 unspecified atom stereocenters. The molecule has 0 saturated carbocycles. The van der Waals surface area contributed by atoms with Crippen LogP contribution < -0.4 is 4.74 Å². The van der Waals surface area contributed by atoms with Gasteiger partial charge in [-0.25, -0.2) is 4.68 Å². The van der Waals surface area contributed by atoms with E-state index in [2.05, 4.69) is 10.3 Å². The zero-order chi connectivity index (χ0) is 20.4. The van der Waals surface area contributed by atoms with Gasteiger partial charge < -0.3 is 14.7 Å². The minimum atomic E-state index is -1.03. The van der Waals surface area contributed by atoms with Gasteiger partial charge in [0.2, 0.25) is 0 Å². The van der Waals surface area contributed by atoms with Gasteiger partial charge in [0.05, 0.1) is 26.4 Å². The molecule has 1 amide bonds. The Kier molecular flexibility index (Phi) is 5.07. The summed E-state index contributed by atoms with van der Waals surface area (Å²) in [5.74, 6) is 0.578. The summed E-state index contributed by atoms with van der Waals surface area (Å²) < 4.78 is 6.80. The second-order valence-electron chi connectivity index (χ2n) is 7.47. The smallest absolute Gasteiger partial charge is 0.276 e. The molecule has 4 rings (SSSR count). The van der Waals surface area contributed by atoms with Crippen molar-refractivity contribution in [2.45, 2.75) is 25.5 Å². The molecule has 1 N–H and O–H groups in total. The third kappa shape index (κ3) is 3.86. The Hall–Kier alpha value is -3.19. The van der Waals surface area contributed by atoms with Crippen molar-refractivity contribution < 1.29 is 14.6 Å². The molecule has 0 radical (unpaired) electrons. The molecule has 1 atom stereocenters. The van der Waals surface area contributed by atoms with Gasteiger partial charge in [0.1, 0.15) is 11.4 Å². The summed E-state index contributed by atoms with van der Waals surface area (Å²) in [6.45, 7) is 3.22. The quantitative estimate of drug-likeness (QED) is 0.721. The lowest BCUT2D eigenvalue weighted by Gasteiger charge is -2.25. The van der Waals surface area contributed by atoms with Crippen LogP contribution in [0.25, 0.3) is 0 Å². The number of aliphatic hydroxyl groups is 1. The Bertz CT molecular complexity index is 1010. The molecule has 0 aliphatic carbocycles. The van der Waals surface area contributed by atoms with Crippen molar-refractivity contribution >= 4 is 5.91 Å². The number of likely N-dealkylation sites (tertiary alicyclic amines) is 1. The van der Waals surface area contributed by atoms with Crippen molar-refractivity contribution in [1.82, 2.24) is 19.9 Å². The summed E-state index contributed by atoms with van der Waals surface area (Å²) in [5.41, 5.74) is 2.19. The number of nitrogens with zero attached hydrogens (tertiary/aromatic N) is 4. The van der Waals surface area contributed by atoms with Crippen LogP contribution in [0.4, 0.5) is 0 Å². The molecule has 1 aliphatic heterocycles. The lowest BCUT2D eigenvalue weighted by Crippen LogP contribution is -2.35. The van der Waals surface area contributed by atoms with Crippen LogP contribution in [0.1, 0.15) is 33.6 Å². The van der Waals surface area contributed by atoms with E-state index in [1.54, 1.807) is 22.9 Å². The number of carbonyl (C=O) groups is 1. The number of rotatable bonds is 5. The summed E-state index contributed by atoms with van der Waals surface area (Å²) in [6, 6.07) is 15.4. The highest BCUT2D eigenvalue weighted by molar-refractivity contribution is 5.92.